The molecule has 0 saturated carbocycles. The maximum absolute atomic E-state index is 5.52. The zero-order chi connectivity index (χ0) is 15.5. The van der Waals surface area contributed by atoms with Crippen LogP contribution in [0.25, 0.3) is 22.4 Å². The Labute approximate surface area is 155 Å². The zero-order valence-corrected chi connectivity index (χ0v) is 15.2. The first kappa shape index (κ1) is 16.7. The van der Waals surface area contributed by atoms with Crippen LogP contribution in [0.1, 0.15) is 17.2 Å². The van der Waals surface area contributed by atoms with E-state index in [0.717, 1.165) is 16.9 Å². The van der Waals surface area contributed by atoms with Gasteiger partial charge in [-0.25, -0.2) is 0 Å². The fourth-order valence-corrected chi connectivity index (χ4v) is 2.66. The summed E-state index contributed by atoms with van der Waals surface area (Å²) in [6.45, 7) is 0. The van der Waals surface area contributed by atoms with Gasteiger partial charge in [0.1, 0.15) is 5.76 Å². The smallest absolute Gasteiger partial charge is 0.103 e. The van der Waals surface area contributed by atoms with Crippen LogP contribution < -0.4 is 0 Å². The third kappa shape index (κ3) is 3.49. The predicted octanol–water partition coefficient (Wildman–Crippen LogP) is 5.55. The molecule has 4 rings (SSSR count). The Kier molecular flexibility index (Phi) is 5.27. The van der Waals surface area contributed by atoms with Crippen molar-refractivity contribution in [3.05, 3.63) is 108 Å². The molecule has 1 radical (unpaired) electrons. The molecular weight excluding hydrogens is 474 g/mol. The first-order chi connectivity index (χ1) is 11.4. The molecule has 3 aromatic carbocycles. The van der Waals surface area contributed by atoms with Gasteiger partial charge in [0.05, 0.1) is 0 Å². The largest absolute Gasteiger partial charge is 0.586 e. The molecule has 0 bridgehead atoms. The van der Waals surface area contributed by atoms with Crippen LogP contribution in [0.5, 0.6) is 0 Å². The van der Waals surface area contributed by atoms with E-state index < -0.39 is 0 Å². The van der Waals surface area contributed by atoms with E-state index >= 15 is 0 Å². The van der Waals surface area contributed by atoms with Gasteiger partial charge in [0.2, 0.25) is 0 Å². The summed E-state index contributed by atoms with van der Waals surface area (Å²) in [7, 11) is 0. The fraction of sp³-hybridized carbons (Fsp3) is 0.0476. The van der Waals surface area contributed by atoms with Gasteiger partial charge in [-0.1, -0.05) is 66.7 Å². The van der Waals surface area contributed by atoms with Crippen LogP contribution in [0.4, 0.5) is 0 Å². The van der Waals surface area contributed by atoms with E-state index in [1.807, 2.05) is 48.5 Å². The average molecular weight is 490 g/mol. The van der Waals surface area contributed by atoms with E-state index in [-0.39, 0.29) is 26.1 Å². The minimum atomic E-state index is -0.0833. The number of benzene rings is 3. The molecule has 2 nitrogen and oxygen atoms in total. The van der Waals surface area contributed by atoms with Crippen molar-refractivity contribution >= 4 is 5.76 Å². The SMILES string of the molecule is [Ir].[c-]1ccccc1C1C=C(c2ccc(-c3ccccc3)cc2)O[N-]1. The Morgan fingerprint density at radius 2 is 1.42 bits per heavy atom. The second-order valence-electron chi connectivity index (χ2n) is 5.43. The van der Waals surface area contributed by atoms with E-state index in [1.54, 1.807) is 0 Å². The molecule has 121 valence electrons. The van der Waals surface area contributed by atoms with Crippen LogP contribution in [0.15, 0.2) is 84.9 Å². The maximum Gasteiger partial charge on any atom is 0.103 e. The average Bonchev–Trinajstić information content (AvgIpc) is 3.14. The van der Waals surface area contributed by atoms with Crippen molar-refractivity contribution in [2.75, 3.05) is 0 Å². The first-order valence-corrected chi connectivity index (χ1v) is 7.61. The van der Waals surface area contributed by atoms with Gasteiger partial charge in [-0.15, -0.1) is 0 Å². The van der Waals surface area contributed by atoms with E-state index in [1.165, 1.54) is 11.1 Å². The third-order valence-electron chi connectivity index (χ3n) is 3.90. The molecule has 0 saturated heterocycles. The molecule has 1 aliphatic heterocycles. The Hall–Kier alpha value is -2.19. The molecule has 0 amide bonds. The number of hydrogen-bond acceptors (Lipinski definition) is 1. The minimum Gasteiger partial charge on any atom is -0.586 e. The molecule has 0 aliphatic carbocycles. The number of nitrogens with zero attached hydrogens (tertiary/aromatic N) is 1. The second kappa shape index (κ2) is 7.59. The van der Waals surface area contributed by atoms with Crippen LogP contribution in [0.2, 0.25) is 0 Å². The van der Waals surface area contributed by atoms with Crippen molar-refractivity contribution in [2.24, 2.45) is 0 Å². The summed E-state index contributed by atoms with van der Waals surface area (Å²) in [5.41, 5.74) is 8.67. The molecule has 3 aromatic rings. The maximum atomic E-state index is 5.52. The molecule has 0 N–H and O–H groups in total. The molecule has 3 heteroatoms. The summed E-state index contributed by atoms with van der Waals surface area (Å²) in [6.07, 6.45) is 2.03. The van der Waals surface area contributed by atoms with Gasteiger partial charge in [-0.05, 0) is 11.1 Å². The normalized spacial score (nSPS) is 16.0. The number of rotatable bonds is 3. The van der Waals surface area contributed by atoms with Crippen LogP contribution in [-0.4, -0.2) is 0 Å². The van der Waals surface area contributed by atoms with Gasteiger partial charge < -0.3 is 10.3 Å². The zero-order valence-electron chi connectivity index (χ0n) is 12.8. The molecule has 1 aliphatic rings. The summed E-state index contributed by atoms with van der Waals surface area (Å²) in [6, 6.07) is 29.6. The van der Waals surface area contributed by atoms with Gasteiger partial charge in [0, 0.05) is 25.7 Å². The van der Waals surface area contributed by atoms with Crippen molar-refractivity contribution < 1.29 is 24.9 Å². The number of hydroxylamine groups is 1. The van der Waals surface area contributed by atoms with Gasteiger partial charge in [-0.3, -0.25) is 0 Å². The summed E-state index contributed by atoms with van der Waals surface area (Å²) in [5, 5.41) is 0. The van der Waals surface area contributed by atoms with Crippen molar-refractivity contribution in [3.8, 4) is 11.1 Å². The van der Waals surface area contributed by atoms with Crippen molar-refractivity contribution in [1.29, 1.82) is 0 Å². The van der Waals surface area contributed by atoms with Crippen molar-refractivity contribution in [1.82, 2.24) is 0 Å². The Morgan fingerprint density at radius 3 is 2.12 bits per heavy atom. The third-order valence-corrected chi connectivity index (χ3v) is 3.90. The molecule has 1 heterocycles. The summed E-state index contributed by atoms with van der Waals surface area (Å²) >= 11 is 0. The van der Waals surface area contributed by atoms with Crippen LogP contribution >= 0.6 is 0 Å². The van der Waals surface area contributed by atoms with Crippen LogP contribution in [0, 0.1) is 6.07 Å². The molecule has 1 unspecified atom stereocenters. The second-order valence-corrected chi connectivity index (χ2v) is 5.43. The standard InChI is InChI=1S/C21H15NO.Ir/c1-3-7-16(8-4-1)17-11-13-19(14-12-17)21-15-20(22-23-21)18-9-5-2-6-10-18;/h1-9,11-15,20H;/q-2;. The fourth-order valence-electron chi connectivity index (χ4n) is 2.66. The Bertz CT molecular complexity index is 813. The van der Waals surface area contributed by atoms with Gasteiger partial charge in [0.15, 0.2) is 0 Å². The molecule has 24 heavy (non-hydrogen) atoms. The van der Waals surface area contributed by atoms with Crippen molar-refractivity contribution in [2.45, 2.75) is 6.04 Å². The van der Waals surface area contributed by atoms with E-state index in [0.29, 0.717) is 0 Å². The van der Waals surface area contributed by atoms with E-state index in [9.17, 15) is 0 Å². The quantitative estimate of drug-likeness (QED) is 0.443. The van der Waals surface area contributed by atoms with Gasteiger partial charge >= 0.3 is 0 Å². The number of hydrogen-bond donors (Lipinski definition) is 0. The Balaban J connectivity index is 0.00000169. The van der Waals surface area contributed by atoms with Crippen LogP contribution in [-0.2, 0) is 24.9 Å². The molecule has 0 fully saturated rings. The predicted molar refractivity (Wildman–Crippen MR) is 92.3 cm³/mol. The molecule has 1 atom stereocenters. The molecular formula is C21H15IrNO-2. The van der Waals surface area contributed by atoms with E-state index in [2.05, 4.69) is 47.9 Å². The summed E-state index contributed by atoms with van der Waals surface area (Å²) < 4.78 is 0. The van der Waals surface area contributed by atoms with Gasteiger partial charge in [0.25, 0.3) is 0 Å². The molecule has 0 aromatic heterocycles. The monoisotopic (exact) mass is 490 g/mol. The van der Waals surface area contributed by atoms with Crippen LogP contribution in [0.3, 0.4) is 0 Å². The minimum absolute atomic E-state index is 0. The molecule has 0 spiro atoms. The van der Waals surface area contributed by atoms with E-state index in [4.69, 9.17) is 4.84 Å². The summed E-state index contributed by atoms with van der Waals surface area (Å²) in [4.78, 5) is 5.52. The van der Waals surface area contributed by atoms with Crippen molar-refractivity contribution in [3.63, 3.8) is 0 Å². The Morgan fingerprint density at radius 1 is 0.750 bits per heavy atom. The topological polar surface area (TPSA) is 23.3 Å². The summed E-state index contributed by atoms with van der Waals surface area (Å²) in [5.74, 6) is 0.798. The van der Waals surface area contributed by atoms with Gasteiger partial charge in [-0.2, -0.15) is 35.9 Å². The first-order valence-electron chi connectivity index (χ1n) is 7.61.